The van der Waals surface area contributed by atoms with Crippen LogP contribution in [0.2, 0.25) is 0 Å². The maximum Gasteiger partial charge on any atom is 0.0494 e. The van der Waals surface area contributed by atoms with Gasteiger partial charge in [-0.2, -0.15) is 0 Å². The second kappa shape index (κ2) is 3.70. The highest BCUT2D eigenvalue weighted by Gasteiger charge is 2.39. The number of pyridine rings is 1. The highest BCUT2D eigenvalue weighted by molar-refractivity contribution is 5.28. The van der Waals surface area contributed by atoms with Crippen LogP contribution in [0.25, 0.3) is 0 Å². The van der Waals surface area contributed by atoms with Crippen LogP contribution in [-0.4, -0.2) is 11.5 Å². The monoisotopic (exact) mass is 190 g/mol. The highest BCUT2D eigenvalue weighted by atomic mass is 14.7. The summed E-state index contributed by atoms with van der Waals surface area (Å²) in [6.45, 7) is 2.93. The van der Waals surface area contributed by atoms with Gasteiger partial charge in [-0.3, -0.25) is 4.98 Å². The zero-order valence-corrected chi connectivity index (χ0v) is 8.79. The third-order valence-corrected chi connectivity index (χ3v) is 3.45. The molecule has 14 heavy (non-hydrogen) atoms. The van der Waals surface area contributed by atoms with Crippen molar-refractivity contribution >= 4 is 0 Å². The fourth-order valence-electron chi connectivity index (χ4n) is 2.53. The summed E-state index contributed by atoms with van der Waals surface area (Å²) in [5, 5.41) is 0. The van der Waals surface area contributed by atoms with E-state index in [9.17, 15) is 0 Å². The van der Waals surface area contributed by atoms with Crippen molar-refractivity contribution in [3.63, 3.8) is 0 Å². The van der Waals surface area contributed by atoms with Gasteiger partial charge in [0.2, 0.25) is 0 Å². The second-order valence-corrected chi connectivity index (χ2v) is 4.34. The third-order valence-electron chi connectivity index (χ3n) is 3.45. The molecule has 0 aliphatic heterocycles. The van der Waals surface area contributed by atoms with E-state index in [-0.39, 0.29) is 0 Å². The number of aryl methyl sites for hydroxylation is 1. The van der Waals surface area contributed by atoms with E-state index in [1.165, 1.54) is 30.5 Å². The van der Waals surface area contributed by atoms with Crippen molar-refractivity contribution < 1.29 is 0 Å². The summed E-state index contributed by atoms with van der Waals surface area (Å²) >= 11 is 0. The zero-order chi connectivity index (χ0) is 10.0. The molecule has 1 aromatic rings. The molecule has 0 unspecified atom stereocenters. The average molecular weight is 190 g/mol. The minimum atomic E-state index is 0.320. The molecule has 1 saturated carbocycles. The van der Waals surface area contributed by atoms with Crippen molar-refractivity contribution in [3.05, 3.63) is 29.6 Å². The first-order chi connectivity index (χ1) is 6.78. The maximum absolute atomic E-state index is 5.68. The third kappa shape index (κ3) is 1.44. The van der Waals surface area contributed by atoms with Gasteiger partial charge in [-0.25, -0.2) is 0 Å². The number of nitrogens with two attached hydrogens (primary N) is 1. The Morgan fingerprint density at radius 1 is 1.50 bits per heavy atom. The minimum Gasteiger partial charge on any atom is -0.330 e. The van der Waals surface area contributed by atoms with Crippen LogP contribution in [0.1, 0.15) is 36.9 Å². The van der Waals surface area contributed by atoms with Gasteiger partial charge in [-0.15, -0.1) is 0 Å². The Labute approximate surface area is 85.5 Å². The number of aromatic nitrogens is 1. The maximum atomic E-state index is 5.68. The molecule has 1 aliphatic carbocycles. The summed E-state index contributed by atoms with van der Waals surface area (Å²) in [5.41, 5.74) is 8.61. The minimum absolute atomic E-state index is 0.320. The lowest BCUT2D eigenvalue weighted by Gasteiger charge is -2.42. The number of hydrogen-bond donors (Lipinski definition) is 1. The topological polar surface area (TPSA) is 38.9 Å². The highest BCUT2D eigenvalue weighted by Crippen LogP contribution is 2.46. The van der Waals surface area contributed by atoms with Crippen molar-refractivity contribution in [2.24, 2.45) is 5.73 Å². The molecule has 0 radical (unpaired) electrons. The molecular weight excluding hydrogens is 172 g/mol. The van der Waals surface area contributed by atoms with E-state index in [1.54, 1.807) is 0 Å². The zero-order valence-electron chi connectivity index (χ0n) is 8.79. The summed E-state index contributed by atoms with van der Waals surface area (Å²) in [4.78, 5) is 4.54. The lowest BCUT2D eigenvalue weighted by molar-refractivity contribution is 0.221. The summed E-state index contributed by atoms with van der Waals surface area (Å²) < 4.78 is 0. The van der Waals surface area contributed by atoms with Gasteiger partial charge in [-0.1, -0.05) is 12.5 Å². The van der Waals surface area contributed by atoms with Crippen LogP contribution in [0.3, 0.4) is 0 Å². The van der Waals surface area contributed by atoms with Gasteiger partial charge in [0, 0.05) is 17.3 Å². The predicted octanol–water partition coefficient (Wildman–Crippen LogP) is 2.16. The van der Waals surface area contributed by atoms with E-state index in [0.717, 1.165) is 13.0 Å². The second-order valence-electron chi connectivity index (χ2n) is 4.34. The van der Waals surface area contributed by atoms with Crippen molar-refractivity contribution in [2.45, 2.75) is 38.0 Å². The molecule has 0 atom stereocenters. The largest absolute Gasteiger partial charge is 0.330 e. The van der Waals surface area contributed by atoms with Crippen molar-refractivity contribution in [1.29, 1.82) is 0 Å². The molecule has 1 aromatic heterocycles. The van der Waals surface area contributed by atoms with Gasteiger partial charge in [0.05, 0.1) is 0 Å². The van der Waals surface area contributed by atoms with Gasteiger partial charge in [0.25, 0.3) is 0 Å². The van der Waals surface area contributed by atoms with Crippen molar-refractivity contribution in [3.8, 4) is 0 Å². The van der Waals surface area contributed by atoms with E-state index in [2.05, 4.69) is 18.0 Å². The van der Waals surface area contributed by atoms with Crippen molar-refractivity contribution in [2.75, 3.05) is 6.54 Å². The van der Waals surface area contributed by atoms with Gasteiger partial charge in [0.1, 0.15) is 0 Å². The molecule has 0 bridgehead atoms. The quantitative estimate of drug-likeness (QED) is 0.793. The van der Waals surface area contributed by atoms with Crippen LogP contribution in [-0.2, 0) is 5.41 Å². The molecule has 0 saturated heterocycles. The van der Waals surface area contributed by atoms with E-state index in [0.29, 0.717) is 5.41 Å². The Bertz CT molecular complexity index is 316. The SMILES string of the molecule is Cc1cccnc1C1(CCN)CCC1. The number of nitrogens with zero attached hydrogens (tertiary/aromatic N) is 1. The average Bonchev–Trinajstić information content (AvgIpc) is 2.13. The first-order valence-corrected chi connectivity index (χ1v) is 5.41. The Hall–Kier alpha value is -0.890. The molecule has 0 aromatic carbocycles. The molecule has 2 nitrogen and oxygen atoms in total. The first-order valence-electron chi connectivity index (χ1n) is 5.41. The fourth-order valence-corrected chi connectivity index (χ4v) is 2.53. The van der Waals surface area contributed by atoms with Crippen molar-refractivity contribution in [1.82, 2.24) is 4.98 Å². The van der Waals surface area contributed by atoms with Gasteiger partial charge >= 0.3 is 0 Å². The Morgan fingerprint density at radius 3 is 2.79 bits per heavy atom. The molecule has 0 amide bonds. The molecule has 2 heteroatoms. The van der Waals surface area contributed by atoms with Crippen LogP contribution >= 0.6 is 0 Å². The van der Waals surface area contributed by atoms with Gasteiger partial charge < -0.3 is 5.73 Å². The van der Waals surface area contributed by atoms with Crippen LogP contribution in [0, 0.1) is 6.92 Å². The molecular formula is C12H18N2. The number of hydrogen-bond acceptors (Lipinski definition) is 2. The molecule has 1 aliphatic rings. The molecule has 2 rings (SSSR count). The van der Waals surface area contributed by atoms with Gasteiger partial charge in [0.15, 0.2) is 0 Å². The van der Waals surface area contributed by atoms with Crippen LogP contribution in [0.15, 0.2) is 18.3 Å². The standard InChI is InChI=1S/C12H18N2/c1-10-4-2-9-14-11(10)12(7-8-13)5-3-6-12/h2,4,9H,3,5-8,13H2,1H3. The Balaban J connectivity index is 2.32. The van der Waals surface area contributed by atoms with Crippen LogP contribution < -0.4 is 5.73 Å². The molecule has 76 valence electrons. The summed E-state index contributed by atoms with van der Waals surface area (Å²) in [6, 6.07) is 4.16. The molecule has 1 fully saturated rings. The molecule has 2 N–H and O–H groups in total. The fraction of sp³-hybridized carbons (Fsp3) is 0.583. The van der Waals surface area contributed by atoms with Crippen LogP contribution in [0.5, 0.6) is 0 Å². The van der Waals surface area contributed by atoms with E-state index in [1.807, 2.05) is 12.3 Å². The normalized spacial score (nSPS) is 19.0. The smallest absolute Gasteiger partial charge is 0.0494 e. The number of rotatable bonds is 3. The molecule has 0 spiro atoms. The Kier molecular flexibility index (Phi) is 2.55. The van der Waals surface area contributed by atoms with E-state index in [4.69, 9.17) is 5.73 Å². The van der Waals surface area contributed by atoms with E-state index >= 15 is 0 Å². The predicted molar refractivity (Wildman–Crippen MR) is 58.2 cm³/mol. The summed E-state index contributed by atoms with van der Waals surface area (Å²) in [7, 11) is 0. The van der Waals surface area contributed by atoms with Crippen LogP contribution in [0.4, 0.5) is 0 Å². The summed E-state index contributed by atoms with van der Waals surface area (Å²) in [5.74, 6) is 0. The lowest BCUT2D eigenvalue weighted by atomic mass is 9.63. The molecule has 1 heterocycles. The first kappa shape index (κ1) is 9.66. The van der Waals surface area contributed by atoms with E-state index < -0.39 is 0 Å². The Morgan fingerprint density at radius 2 is 2.29 bits per heavy atom. The summed E-state index contributed by atoms with van der Waals surface area (Å²) in [6.07, 6.45) is 6.85. The van der Waals surface area contributed by atoms with Gasteiger partial charge in [-0.05, 0) is 44.4 Å². The lowest BCUT2D eigenvalue weighted by Crippen LogP contribution is -2.37.